The molecule has 2 aliphatic rings. The van der Waals surface area contributed by atoms with Crippen molar-refractivity contribution in [1.82, 2.24) is 15.5 Å². The number of amides is 4. The third kappa shape index (κ3) is 4.33. The van der Waals surface area contributed by atoms with E-state index in [2.05, 4.69) is 10.6 Å². The van der Waals surface area contributed by atoms with Crippen molar-refractivity contribution in [2.75, 3.05) is 6.54 Å². The molecule has 1 aliphatic heterocycles. The minimum Gasteiger partial charge on any atom is -0.352 e. The van der Waals surface area contributed by atoms with E-state index < -0.39 is 17.5 Å². The number of imide groups is 1. The van der Waals surface area contributed by atoms with Crippen LogP contribution in [0.4, 0.5) is 4.79 Å². The van der Waals surface area contributed by atoms with Crippen molar-refractivity contribution < 1.29 is 14.4 Å². The van der Waals surface area contributed by atoms with E-state index in [1.807, 2.05) is 60.7 Å². The van der Waals surface area contributed by atoms with Gasteiger partial charge in [0.1, 0.15) is 6.54 Å². The zero-order valence-corrected chi connectivity index (χ0v) is 17.7. The monoisotopic (exact) mass is 419 g/mol. The molecular weight excluding hydrogens is 390 g/mol. The van der Waals surface area contributed by atoms with Crippen molar-refractivity contribution in [3.8, 4) is 0 Å². The van der Waals surface area contributed by atoms with Gasteiger partial charge in [-0.25, -0.2) is 4.79 Å². The highest BCUT2D eigenvalue weighted by Crippen LogP contribution is 2.35. The number of carbonyl (C=O) groups is 3. The Balaban J connectivity index is 1.55. The number of nitrogens with zero attached hydrogens (tertiary/aromatic N) is 1. The number of urea groups is 1. The van der Waals surface area contributed by atoms with Gasteiger partial charge in [0.25, 0.3) is 5.91 Å². The summed E-state index contributed by atoms with van der Waals surface area (Å²) in [5.41, 5.74) is 0.00470. The van der Waals surface area contributed by atoms with Gasteiger partial charge in [0.2, 0.25) is 5.91 Å². The van der Waals surface area contributed by atoms with E-state index in [1.165, 1.54) is 19.3 Å². The average molecular weight is 420 g/mol. The van der Waals surface area contributed by atoms with Gasteiger partial charge in [0, 0.05) is 6.04 Å². The number of benzene rings is 2. The zero-order valence-electron chi connectivity index (χ0n) is 17.7. The molecule has 6 nitrogen and oxygen atoms in total. The highest BCUT2D eigenvalue weighted by atomic mass is 16.2. The maximum atomic E-state index is 13.6. The van der Waals surface area contributed by atoms with Crippen LogP contribution >= 0.6 is 0 Å². The van der Waals surface area contributed by atoms with Crippen LogP contribution in [0.1, 0.15) is 56.1 Å². The van der Waals surface area contributed by atoms with Gasteiger partial charge in [-0.15, -0.1) is 0 Å². The van der Waals surface area contributed by atoms with Gasteiger partial charge in [-0.1, -0.05) is 92.8 Å². The van der Waals surface area contributed by atoms with Crippen molar-refractivity contribution >= 4 is 17.8 Å². The highest BCUT2D eigenvalue weighted by molar-refractivity contribution is 6.11. The molecule has 0 unspecified atom stereocenters. The van der Waals surface area contributed by atoms with E-state index in [0.717, 1.165) is 30.6 Å². The fourth-order valence-electron chi connectivity index (χ4n) is 4.67. The maximum Gasteiger partial charge on any atom is 0.326 e. The molecule has 31 heavy (non-hydrogen) atoms. The number of rotatable bonds is 5. The first-order chi connectivity index (χ1) is 15.1. The Kier molecular flexibility index (Phi) is 6.35. The topological polar surface area (TPSA) is 78.5 Å². The number of carbonyl (C=O) groups excluding carboxylic acids is 3. The van der Waals surface area contributed by atoms with Crippen molar-refractivity contribution in [2.45, 2.75) is 56.5 Å². The lowest BCUT2D eigenvalue weighted by atomic mass is 9.82. The Morgan fingerprint density at radius 3 is 1.94 bits per heavy atom. The molecule has 162 valence electrons. The summed E-state index contributed by atoms with van der Waals surface area (Å²) in [5.74, 6) is -0.714. The van der Waals surface area contributed by atoms with Crippen LogP contribution in [0.3, 0.4) is 0 Å². The first-order valence-corrected chi connectivity index (χ1v) is 11.2. The minimum atomic E-state index is -1.33. The number of hydrogen-bond acceptors (Lipinski definition) is 3. The molecule has 6 heteroatoms. The number of nitrogens with one attached hydrogen (secondary N) is 2. The van der Waals surface area contributed by atoms with Crippen molar-refractivity contribution in [3.63, 3.8) is 0 Å². The molecule has 0 bridgehead atoms. The van der Waals surface area contributed by atoms with Crippen LogP contribution in [0.15, 0.2) is 60.7 Å². The molecule has 0 atom stereocenters. The first kappa shape index (κ1) is 21.1. The van der Waals surface area contributed by atoms with Crippen LogP contribution in [-0.4, -0.2) is 35.3 Å². The van der Waals surface area contributed by atoms with Gasteiger partial charge >= 0.3 is 6.03 Å². The Hall–Kier alpha value is -3.15. The molecule has 1 saturated carbocycles. The standard InChI is InChI=1S/C25H29N3O3/c29-22(26-21-16-10-2-1-3-11-17-21)18-28-23(30)25(27-24(28)31,19-12-6-4-7-13-19)20-14-8-5-9-15-20/h4-9,12-15,21H,1-3,10-11,16-18H2,(H,26,29)(H,27,31). The molecule has 0 aromatic heterocycles. The second-order valence-electron chi connectivity index (χ2n) is 8.41. The van der Waals surface area contributed by atoms with E-state index in [1.54, 1.807) is 0 Å². The van der Waals surface area contributed by atoms with Crippen LogP contribution in [0.5, 0.6) is 0 Å². The zero-order chi connectivity index (χ0) is 21.7. The largest absolute Gasteiger partial charge is 0.352 e. The van der Waals surface area contributed by atoms with Gasteiger partial charge in [0.05, 0.1) is 0 Å². The van der Waals surface area contributed by atoms with E-state index >= 15 is 0 Å². The first-order valence-electron chi connectivity index (χ1n) is 11.2. The van der Waals surface area contributed by atoms with Gasteiger partial charge in [-0.2, -0.15) is 0 Å². The molecule has 2 aromatic carbocycles. The second kappa shape index (κ2) is 9.33. The minimum absolute atomic E-state index is 0.113. The summed E-state index contributed by atoms with van der Waals surface area (Å²) in [6.45, 7) is -0.275. The fourth-order valence-corrected chi connectivity index (χ4v) is 4.67. The molecule has 1 heterocycles. The van der Waals surface area contributed by atoms with E-state index in [4.69, 9.17) is 0 Å². The van der Waals surface area contributed by atoms with Gasteiger partial charge in [-0.05, 0) is 24.0 Å². The summed E-state index contributed by atoms with van der Waals surface area (Å²) in [4.78, 5) is 40.3. The molecule has 4 rings (SSSR count). The van der Waals surface area contributed by atoms with Crippen molar-refractivity contribution in [1.29, 1.82) is 0 Å². The molecular formula is C25H29N3O3. The lowest BCUT2D eigenvalue weighted by molar-refractivity contribution is -0.134. The quantitative estimate of drug-likeness (QED) is 0.725. The Morgan fingerprint density at radius 1 is 0.871 bits per heavy atom. The second-order valence-corrected chi connectivity index (χ2v) is 8.41. The van der Waals surface area contributed by atoms with Crippen LogP contribution in [0.2, 0.25) is 0 Å². The van der Waals surface area contributed by atoms with Gasteiger partial charge in [0.15, 0.2) is 5.54 Å². The summed E-state index contributed by atoms with van der Waals surface area (Å²) < 4.78 is 0. The fraction of sp³-hybridized carbons (Fsp3) is 0.400. The van der Waals surface area contributed by atoms with Crippen molar-refractivity contribution in [3.05, 3.63) is 71.8 Å². The molecule has 1 aliphatic carbocycles. The predicted molar refractivity (Wildman–Crippen MR) is 118 cm³/mol. The smallest absolute Gasteiger partial charge is 0.326 e. The molecule has 0 radical (unpaired) electrons. The summed E-state index contributed by atoms with van der Waals surface area (Å²) in [5, 5.41) is 5.93. The Morgan fingerprint density at radius 2 is 1.39 bits per heavy atom. The third-order valence-electron chi connectivity index (χ3n) is 6.29. The lowest BCUT2D eigenvalue weighted by Crippen LogP contribution is -2.47. The van der Waals surface area contributed by atoms with Gasteiger partial charge < -0.3 is 10.6 Å². The lowest BCUT2D eigenvalue weighted by Gasteiger charge is -2.28. The van der Waals surface area contributed by atoms with E-state index in [0.29, 0.717) is 11.1 Å². The predicted octanol–water partition coefficient (Wildman–Crippen LogP) is 3.71. The summed E-state index contributed by atoms with van der Waals surface area (Å²) >= 11 is 0. The molecule has 2 fully saturated rings. The molecule has 2 N–H and O–H groups in total. The van der Waals surface area contributed by atoms with Crippen LogP contribution in [0, 0.1) is 0 Å². The SMILES string of the molecule is O=C(CN1C(=O)NC(c2ccccc2)(c2ccccc2)C1=O)NC1CCCCCCC1. The van der Waals surface area contributed by atoms with Crippen LogP contribution in [-0.2, 0) is 15.1 Å². The molecule has 1 saturated heterocycles. The molecule has 0 spiro atoms. The van der Waals surface area contributed by atoms with Crippen LogP contribution in [0.25, 0.3) is 0 Å². The highest BCUT2D eigenvalue weighted by Gasteiger charge is 2.54. The Labute approximate surface area is 183 Å². The number of hydrogen-bond donors (Lipinski definition) is 2. The Bertz CT molecular complexity index is 882. The third-order valence-corrected chi connectivity index (χ3v) is 6.29. The maximum absolute atomic E-state index is 13.6. The average Bonchev–Trinajstić information content (AvgIpc) is 3.02. The summed E-state index contributed by atoms with van der Waals surface area (Å²) in [6, 6.07) is 17.9. The van der Waals surface area contributed by atoms with Crippen LogP contribution < -0.4 is 10.6 Å². The normalized spacial score (nSPS) is 19.4. The van der Waals surface area contributed by atoms with E-state index in [9.17, 15) is 14.4 Å². The summed E-state index contributed by atoms with van der Waals surface area (Å²) in [6.07, 6.45) is 7.72. The summed E-state index contributed by atoms with van der Waals surface area (Å²) in [7, 11) is 0. The molecule has 4 amide bonds. The van der Waals surface area contributed by atoms with Gasteiger partial charge in [-0.3, -0.25) is 14.5 Å². The van der Waals surface area contributed by atoms with Crippen molar-refractivity contribution in [2.24, 2.45) is 0 Å². The molecule has 2 aromatic rings. The van der Waals surface area contributed by atoms with E-state index in [-0.39, 0.29) is 18.5 Å².